The van der Waals surface area contributed by atoms with Gasteiger partial charge >= 0.3 is 0 Å². The van der Waals surface area contributed by atoms with Crippen LogP contribution >= 0.6 is 11.6 Å². The van der Waals surface area contributed by atoms with Crippen molar-refractivity contribution >= 4 is 27.5 Å². The Hall–Kier alpha value is -1.96. The van der Waals surface area contributed by atoms with Gasteiger partial charge in [-0.25, -0.2) is 13.1 Å². The molecule has 2 heterocycles. The van der Waals surface area contributed by atoms with Crippen molar-refractivity contribution in [3.63, 3.8) is 0 Å². The predicted octanol–water partition coefficient (Wildman–Crippen LogP) is 2.32. The molecule has 1 aromatic carbocycles. The molecule has 3 rings (SSSR count). The number of carbonyl (C=O) groups is 1. The van der Waals surface area contributed by atoms with Crippen molar-refractivity contribution in [3.8, 4) is 0 Å². The number of hydrogen-bond donors (Lipinski definition) is 1. The van der Waals surface area contributed by atoms with Crippen LogP contribution in [0.25, 0.3) is 0 Å². The number of nitrogens with one attached hydrogen (secondary N) is 1. The van der Waals surface area contributed by atoms with Gasteiger partial charge in [-0.1, -0.05) is 17.7 Å². The highest BCUT2D eigenvalue weighted by Gasteiger charge is 2.27. The van der Waals surface area contributed by atoms with Crippen LogP contribution in [-0.2, 0) is 10.0 Å². The molecule has 1 aliphatic heterocycles. The summed E-state index contributed by atoms with van der Waals surface area (Å²) in [6.07, 6.45) is 4.30. The Bertz CT molecular complexity index is 850. The summed E-state index contributed by atoms with van der Waals surface area (Å²) in [4.78, 5) is 18.2. The first-order valence-electron chi connectivity index (χ1n) is 7.93. The van der Waals surface area contributed by atoms with E-state index in [-0.39, 0.29) is 16.8 Å². The Morgan fingerprint density at radius 1 is 1.16 bits per heavy atom. The molecule has 8 heteroatoms. The maximum atomic E-state index is 12.4. The number of rotatable bonds is 4. The molecule has 0 bridgehead atoms. The van der Waals surface area contributed by atoms with Crippen molar-refractivity contribution in [1.29, 1.82) is 0 Å². The lowest BCUT2D eigenvalue weighted by molar-refractivity contribution is 0.0711. The number of likely N-dealkylation sites (tertiary alicyclic amines) is 1. The number of nitrogens with zero attached hydrogens (tertiary/aromatic N) is 2. The Morgan fingerprint density at radius 3 is 2.48 bits per heavy atom. The van der Waals surface area contributed by atoms with Crippen molar-refractivity contribution in [2.45, 2.75) is 23.8 Å². The molecule has 132 valence electrons. The van der Waals surface area contributed by atoms with Crippen molar-refractivity contribution in [1.82, 2.24) is 14.6 Å². The number of aromatic nitrogens is 1. The van der Waals surface area contributed by atoms with Gasteiger partial charge in [0.2, 0.25) is 10.0 Å². The van der Waals surface area contributed by atoms with E-state index >= 15 is 0 Å². The molecule has 1 saturated heterocycles. The van der Waals surface area contributed by atoms with Crippen LogP contribution in [0, 0.1) is 0 Å². The Labute approximate surface area is 151 Å². The lowest BCUT2D eigenvalue weighted by Crippen LogP contribution is -2.46. The monoisotopic (exact) mass is 379 g/mol. The van der Waals surface area contributed by atoms with Crippen LogP contribution in [0.3, 0.4) is 0 Å². The minimum Gasteiger partial charge on any atom is -0.339 e. The van der Waals surface area contributed by atoms with Gasteiger partial charge in [0.15, 0.2) is 0 Å². The lowest BCUT2D eigenvalue weighted by atomic mass is 10.1. The zero-order chi connectivity index (χ0) is 17.9. The standard InChI is InChI=1S/C17H18ClN3O3S/c18-14-2-1-3-16(12-14)25(23,24)20-15-6-10-21(11-7-15)17(22)13-4-8-19-9-5-13/h1-5,8-9,12,15,20H,6-7,10-11H2. The molecule has 0 aliphatic carbocycles. The number of piperidine rings is 1. The highest BCUT2D eigenvalue weighted by atomic mass is 35.5. The molecule has 1 fully saturated rings. The van der Waals surface area contributed by atoms with Gasteiger partial charge in [-0.15, -0.1) is 0 Å². The van der Waals surface area contributed by atoms with Crippen molar-refractivity contribution in [3.05, 3.63) is 59.4 Å². The fourth-order valence-electron chi connectivity index (χ4n) is 2.80. The van der Waals surface area contributed by atoms with E-state index in [1.54, 1.807) is 41.6 Å². The number of amides is 1. The average Bonchev–Trinajstić information content (AvgIpc) is 2.62. The summed E-state index contributed by atoms with van der Waals surface area (Å²) in [5.74, 6) is -0.0569. The SMILES string of the molecule is O=C(c1ccncc1)N1CCC(NS(=O)(=O)c2cccc(Cl)c2)CC1. The van der Waals surface area contributed by atoms with E-state index in [4.69, 9.17) is 11.6 Å². The minimum atomic E-state index is -3.62. The van der Waals surface area contributed by atoms with Gasteiger partial charge in [0.25, 0.3) is 5.91 Å². The van der Waals surface area contributed by atoms with Crippen LogP contribution in [0.15, 0.2) is 53.7 Å². The predicted molar refractivity (Wildman–Crippen MR) is 94.9 cm³/mol. The second-order valence-corrected chi connectivity index (χ2v) is 8.03. The molecule has 2 aromatic rings. The molecular weight excluding hydrogens is 362 g/mol. The van der Waals surface area contributed by atoms with Gasteiger partial charge in [0.05, 0.1) is 4.90 Å². The molecule has 1 aromatic heterocycles. The molecule has 1 N–H and O–H groups in total. The second-order valence-electron chi connectivity index (χ2n) is 5.88. The van der Waals surface area contributed by atoms with Crippen LogP contribution in [0.5, 0.6) is 0 Å². The summed E-state index contributed by atoms with van der Waals surface area (Å²) >= 11 is 5.87. The molecule has 0 radical (unpaired) electrons. The quantitative estimate of drug-likeness (QED) is 0.884. The van der Waals surface area contributed by atoms with Crippen molar-refractivity contribution in [2.24, 2.45) is 0 Å². The van der Waals surface area contributed by atoms with E-state index in [2.05, 4.69) is 9.71 Å². The van der Waals surface area contributed by atoms with E-state index in [1.807, 2.05) is 0 Å². The normalized spacial score (nSPS) is 16.0. The summed E-state index contributed by atoms with van der Waals surface area (Å²) in [7, 11) is -3.62. The maximum absolute atomic E-state index is 12.4. The molecule has 0 saturated carbocycles. The zero-order valence-corrected chi connectivity index (χ0v) is 15.0. The Kier molecular flexibility index (Phi) is 5.36. The van der Waals surface area contributed by atoms with Crippen molar-refractivity contribution in [2.75, 3.05) is 13.1 Å². The number of hydrogen-bond acceptors (Lipinski definition) is 4. The van der Waals surface area contributed by atoms with E-state index in [9.17, 15) is 13.2 Å². The van der Waals surface area contributed by atoms with Gasteiger partial charge in [-0.3, -0.25) is 9.78 Å². The van der Waals surface area contributed by atoms with Crippen LogP contribution in [0.2, 0.25) is 5.02 Å². The molecule has 0 spiro atoms. The molecule has 1 amide bonds. The summed E-state index contributed by atoms with van der Waals surface area (Å²) in [5.41, 5.74) is 0.591. The molecular formula is C17H18ClN3O3S. The van der Waals surface area contributed by atoms with Gasteiger partial charge < -0.3 is 4.90 Å². The number of halogens is 1. The lowest BCUT2D eigenvalue weighted by Gasteiger charge is -2.32. The van der Waals surface area contributed by atoms with Crippen LogP contribution in [0.4, 0.5) is 0 Å². The van der Waals surface area contributed by atoms with Crippen LogP contribution in [-0.4, -0.2) is 43.3 Å². The molecule has 0 atom stereocenters. The Balaban J connectivity index is 1.60. The van der Waals surface area contributed by atoms with Gasteiger partial charge in [-0.05, 0) is 43.2 Å². The van der Waals surface area contributed by atoms with Crippen LogP contribution in [0.1, 0.15) is 23.2 Å². The van der Waals surface area contributed by atoms with Gasteiger partial charge in [0, 0.05) is 42.1 Å². The number of benzene rings is 1. The summed E-state index contributed by atoms with van der Waals surface area (Å²) in [5, 5.41) is 0.376. The van der Waals surface area contributed by atoms with Gasteiger partial charge in [0.1, 0.15) is 0 Å². The zero-order valence-electron chi connectivity index (χ0n) is 13.4. The van der Waals surface area contributed by atoms with Crippen LogP contribution < -0.4 is 4.72 Å². The minimum absolute atomic E-state index is 0.0569. The van der Waals surface area contributed by atoms with Crippen molar-refractivity contribution < 1.29 is 13.2 Å². The fourth-order valence-corrected chi connectivity index (χ4v) is 4.40. The summed E-state index contributed by atoms with van der Waals surface area (Å²) in [6, 6.07) is 9.32. The molecule has 0 unspecified atom stereocenters. The highest BCUT2D eigenvalue weighted by molar-refractivity contribution is 7.89. The first-order chi connectivity index (χ1) is 12.0. The summed E-state index contributed by atoms with van der Waals surface area (Å²) < 4.78 is 27.6. The fraction of sp³-hybridized carbons (Fsp3) is 0.294. The summed E-state index contributed by atoms with van der Waals surface area (Å²) in [6.45, 7) is 1.01. The number of pyridine rings is 1. The molecule has 1 aliphatic rings. The first kappa shape index (κ1) is 17.8. The van der Waals surface area contributed by atoms with E-state index in [0.717, 1.165) is 0 Å². The topological polar surface area (TPSA) is 79.4 Å². The number of carbonyl (C=O) groups excluding carboxylic acids is 1. The average molecular weight is 380 g/mol. The smallest absolute Gasteiger partial charge is 0.253 e. The Morgan fingerprint density at radius 2 is 1.84 bits per heavy atom. The van der Waals surface area contributed by atoms with E-state index in [1.165, 1.54) is 12.1 Å². The maximum Gasteiger partial charge on any atom is 0.253 e. The van der Waals surface area contributed by atoms with E-state index < -0.39 is 10.0 Å². The largest absolute Gasteiger partial charge is 0.339 e. The number of sulfonamides is 1. The highest BCUT2D eigenvalue weighted by Crippen LogP contribution is 2.19. The van der Waals surface area contributed by atoms with E-state index in [0.29, 0.717) is 36.5 Å². The second kappa shape index (κ2) is 7.51. The molecule has 25 heavy (non-hydrogen) atoms. The third-order valence-corrected chi connectivity index (χ3v) is 5.89. The third-order valence-electron chi connectivity index (χ3n) is 4.14. The van der Waals surface area contributed by atoms with Gasteiger partial charge in [-0.2, -0.15) is 0 Å². The third kappa shape index (κ3) is 4.36. The first-order valence-corrected chi connectivity index (χ1v) is 9.79. The molecule has 6 nitrogen and oxygen atoms in total.